The van der Waals surface area contributed by atoms with Gasteiger partial charge in [0.1, 0.15) is 6.04 Å². The Balaban J connectivity index is 1.96. The van der Waals surface area contributed by atoms with Gasteiger partial charge in [0.2, 0.25) is 5.91 Å². The SMILES string of the molecule is COCCNCc1cncn1C1CCCNC1=O. The fourth-order valence-corrected chi connectivity index (χ4v) is 2.16. The first kappa shape index (κ1) is 13.0. The molecule has 6 nitrogen and oxygen atoms in total. The molecule has 0 bridgehead atoms. The highest BCUT2D eigenvalue weighted by molar-refractivity contribution is 5.81. The minimum atomic E-state index is -0.111. The molecule has 1 unspecified atom stereocenters. The van der Waals surface area contributed by atoms with Gasteiger partial charge in [-0.2, -0.15) is 0 Å². The number of amides is 1. The standard InChI is InChI=1S/C12H20N4O2/c1-18-6-5-13-7-10-8-14-9-16(10)11-3-2-4-15-12(11)17/h8-9,11,13H,2-7H2,1H3,(H,15,17). The number of methoxy groups -OCH3 is 1. The Morgan fingerprint density at radius 2 is 2.56 bits per heavy atom. The van der Waals surface area contributed by atoms with Crippen LogP contribution in [0, 0.1) is 0 Å². The zero-order valence-corrected chi connectivity index (χ0v) is 10.7. The van der Waals surface area contributed by atoms with E-state index in [2.05, 4.69) is 15.6 Å². The summed E-state index contributed by atoms with van der Waals surface area (Å²) in [7, 11) is 1.68. The van der Waals surface area contributed by atoms with Crippen molar-refractivity contribution in [3.8, 4) is 0 Å². The lowest BCUT2D eigenvalue weighted by atomic mass is 10.1. The van der Waals surface area contributed by atoms with Crippen molar-refractivity contribution < 1.29 is 9.53 Å². The van der Waals surface area contributed by atoms with Crippen LogP contribution in [0.15, 0.2) is 12.5 Å². The first-order valence-electron chi connectivity index (χ1n) is 6.31. The molecular weight excluding hydrogens is 232 g/mol. The molecule has 100 valence electrons. The lowest BCUT2D eigenvalue weighted by Gasteiger charge is -2.24. The van der Waals surface area contributed by atoms with E-state index in [0.717, 1.165) is 31.6 Å². The first-order valence-corrected chi connectivity index (χ1v) is 6.31. The number of aromatic nitrogens is 2. The van der Waals surface area contributed by atoms with E-state index in [1.165, 1.54) is 0 Å². The summed E-state index contributed by atoms with van der Waals surface area (Å²) in [5.41, 5.74) is 1.04. The monoisotopic (exact) mass is 252 g/mol. The highest BCUT2D eigenvalue weighted by Gasteiger charge is 2.24. The van der Waals surface area contributed by atoms with Crippen molar-refractivity contribution >= 4 is 5.91 Å². The molecule has 1 aliphatic heterocycles. The zero-order valence-electron chi connectivity index (χ0n) is 10.7. The van der Waals surface area contributed by atoms with E-state index in [1.807, 2.05) is 10.8 Å². The van der Waals surface area contributed by atoms with Crippen LogP contribution in [0.2, 0.25) is 0 Å². The average molecular weight is 252 g/mol. The lowest BCUT2D eigenvalue weighted by Crippen LogP contribution is -2.38. The molecule has 1 amide bonds. The Bertz CT molecular complexity index is 391. The molecule has 0 spiro atoms. The van der Waals surface area contributed by atoms with Crippen LogP contribution in [0.4, 0.5) is 0 Å². The van der Waals surface area contributed by atoms with Gasteiger partial charge in [-0.1, -0.05) is 0 Å². The van der Waals surface area contributed by atoms with Gasteiger partial charge in [0.05, 0.1) is 18.6 Å². The third-order valence-electron chi connectivity index (χ3n) is 3.13. The summed E-state index contributed by atoms with van der Waals surface area (Å²) in [5, 5.41) is 6.16. The molecule has 1 aromatic rings. The van der Waals surface area contributed by atoms with Crippen molar-refractivity contribution in [2.24, 2.45) is 0 Å². The number of nitrogens with zero attached hydrogens (tertiary/aromatic N) is 2. The number of carbonyl (C=O) groups excluding carboxylic acids is 1. The van der Waals surface area contributed by atoms with E-state index < -0.39 is 0 Å². The molecule has 0 aromatic carbocycles. The summed E-state index contributed by atoms with van der Waals surface area (Å²) < 4.78 is 6.94. The number of hydrogen-bond acceptors (Lipinski definition) is 4. The number of rotatable bonds is 6. The third-order valence-corrected chi connectivity index (χ3v) is 3.13. The lowest BCUT2D eigenvalue weighted by molar-refractivity contribution is -0.125. The van der Waals surface area contributed by atoms with E-state index in [4.69, 9.17) is 4.74 Å². The van der Waals surface area contributed by atoms with Crippen molar-refractivity contribution in [1.29, 1.82) is 0 Å². The summed E-state index contributed by atoms with van der Waals surface area (Å²) in [4.78, 5) is 16.0. The van der Waals surface area contributed by atoms with Crippen molar-refractivity contribution in [3.05, 3.63) is 18.2 Å². The molecule has 0 aliphatic carbocycles. The van der Waals surface area contributed by atoms with E-state index >= 15 is 0 Å². The molecular formula is C12H20N4O2. The summed E-state index contributed by atoms with van der Waals surface area (Å²) in [6.45, 7) is 2.95. The van der Waals surface area contributed by atoms with Crippen LogP contribution in [0.1, 0.15) is 24.6 Å². The maximum atomic E-state index is 11.8. The van der Waals surface area contributed by atoms with Crippen LogP contribution in [-0.2, 0) is 16.1 Å². The van der Waals surface area contributed by atoms with Crippen LogP contribution in [-0.4, -0.2) is 42.3 Å². The zero-order chi connectivity index (χ0) is 12.8. The number of carbonyl (C=O) groups is 1. The fraction of sp³-hybridized carbons (Fsp3) is 0.667. The smallest absolute Gasteiger partial charge is 0.243 e. The number of ether oxygens (including phenoxy) is 1. The molecule has 2 heterocycles. The van der Waals surface area contributed by atoms with Gasteiger partial charge in [0.25, 0.3) is 0 Å². The van der Waals surface area contributed by atoms with Crippen LogP contribution in [0.25, 0.3) is 0 Å². The number of nitrogens with one attached hydrogen (secondary N) is 2. The summed E-state index contributed by atoms with van der Waals surface area (Å²) in [6.07, 6.45) is 5.45. The second-order valence-corrected chi connectivity index (χ2v) is 4.41. The third kappa shape index (κ3) is 3.08. The second kappa shape index (κ2) is 6.51. The Morgan fingerprint density at radius 1 is 1.67 bits per heavy atom. The largest absolute Gasteiger partial charge is 0.383 e. The predicted octanol–water partition coefficient (Wildman–Crippen LogP) is 0.0702. The molecule has 1 atom stereocenters. The molecule has 1 aromatic heterocycles. The maximum Gasteiger partial charge on any atom is 0.243 e. The fourth-order valence-electron chi connectivity index (χ4n) is 2.16. The van der Waals surface area contributed by atoms with E-state index in [9.17, 15) is 4.79 Å². The van der Waals surface area contributed by atoms with Crippen molar-refractivity contribution in [2.75, 3.05) is 26.8 Å². The van der Waals surface area contributed by atoms with Gasteiger partial charge < -0.3 is 19.9 Å². The Hall–Kier alpha value is -1.40. The average Bonchev–Trinajstić information content (AvgIpc) is 2.83. The second-order valence-electron chi connectivity index (χ2n) is 4.41. The molecule has 1 fully saturated rings. The normalized spacial score (nSPS) is 19.8. The number of hydrogen-bond donors (Lipinski definition) is 2. The van der Waals surface area contributed by atoms with Gasteiger partial charge in [0.15, 0.2) is 0 Å². The quantitative estimate of drug-likeness (QED) is 0.703. The Morgan fingerprint density at radius 3 is 3.33 bits per heavy atom. The topological polar surface area (TPSA) is 68.2 Å². The summed E-state index contributed by atoms with van der Waals surface area (Å²) >= 11 is 0. The Kier molecular flexibility index (Phi) is 4.72. The summed E-state index contributed by atoms with van der Waals surface area (Å²) in [5.74, 6) is 0.0948. The molecule has 1 saturated heterocycles. The van der Waals surface area contributed by atoms with Crippen molar-refractivity contribution in [3.63, 3.8) is 0 Å². The van der Waals surface area contributed by atoms with E-state index in [1.54, 1.807) is 13.4 Å². The number of piperidine rings is 1. The van der Waals surface area contributed by atoms with E-state index in [-0.39, 0.29) is 11.9 Å². The van der Waals surface area contributed by atoms with Gasteiger partial charge in [-0.05, 0) is 12.8 Å². The molecule has 2 N–H and O–H groups in total. The molecule has 1 aliphatic rings. The maximum absolute atomic E-state index is 11.8. The van der Waals surface area contributed by atoms with Gasteiger partial charge in [-0.15, -0.1) is 0 Å². The molecule has 6 heteroatoms. The highest BCUT2D eigenvalue weighted by atomic mass is 16.5. The van der Waals surface area contributed by atoms with Gasteiger partial charge in [-0.25, -0.2) is 4.98 Å². The van der Waals surface area contributed by atoms with Gasteiger partial charge >= 0.3 is 0 Å². The summed E-state index contributed by atoms with van der Waals surface area (Å²) in [6, 6.07) is -0.111. The predicted molar refractivity (Wildman–Crippen MR) is 67.1 cm³/mol. The van der Waals surface area contributed by atoms with Crippen LogP contribution >= 0.6 is 0 Å². The Labute approximate surface area is 107 Å². The molecule has 0 saturated carbocycles. The molecule has 0 radical (unpaired) electrons. The van der Waals surface area contributed by atoms with Crippen LogP contribution in [0.5, 0.6) is 0 Å². The first-order chi connectivity index (χ1) is 8.83. The van der Waals surface area contributed by atoms with Gasteiger partial charge in [-0.3, -0.25) is 4.79 Å². The minimum Gasteiger partial charge on any atom is -0.383 e. The van der Waals surface area contributed by atoms with Crippen LogP contribution < -0.4 is 10.6 Å². The minimum absolute atomic E-state index is 0.0948. The molecule has 2 rings (SSSR count). The van der Waals surface area contributed by atoms with Crippen molar-refractivity contribution in [2.45, 2.75) is 25.4 Å². The van der Waals surface area contributed by atoms with Crippen molar-refractivity contribution in [1.82, 2.24) is 20.2 Å². The van der Waals surface area contributed by atoms with Gasteiger partial charge in [0, 0.05) is 32.9 Å². The number of imidazole rings is 1. The van der Waals surface area contributed by atoms with Crippen LogP contribution in [0.3, 0.4) is 0 Å². The molecule has 18 heavy (non-hydrogen) atoms. The van der Waals surface area contributed by atoms with E-state index in [0.29, 0.717) is 13.2 Å². The highest BCUT2D eigenvalue weighted by Crippen LogP contribution is 2.19.